The molecule has 3 amide bonds. The maximum atomic E-state index is 13.0. The van der Waals surface area contributed by atoms with Gasteiger partial charge in [-0.05, 0) is 52.9 Å². The molecule has 3 unspecified atom stereocenters. The molecule has 0 aromatic heterocycles. The van der Waals surface area contributed by atoms with Crippen LogP contribution >= 0.6 is 0 Å². The molecule has 0 aromatic rings. The SMILES string of the molecule is CCC(NC(=O)C(C)NC(=O)C(NC(=O)OC(C)(C)C)C1CCCCC1)C(=O)OC. The first-order chi connectivity index (χ1) is 14.0. The average Bonchev–Trinajstić information content (AvgIpc) is 2.68. The van der Waals surface area contributed by atoms with Crippen LogP contribution in [-0.4, -0.2) is 54.7 Å². The van der Waals surface area contributed by atoms with Crippen molar-refractivity contribution in [3.8, 4) is 0 Å². The summed E-state index contributed by atoms with van der Waals surface area (Å²) < 4.78 is 9.97. The molecule has 0 radical (unpaired) electrons. The van der Waals surface area contributed by atoms with E-state index in [0.29, 0.717) is 6.42 Å². The van der Waals surface area contributed by atoms with Gasteiger partial charge in [0.1, 0.15) is 23.7 Å². The second-order valence-corrected chi connectivity index (χ2v) is 8.74. The van der Waals surface area contributed by atoms with Gasteiger partial charge in [-0.1, -0.05) is 26.2 Å². The highest BCUT2D eigenvalue weighted by Crippen LogP contribution is 2.27. The predicted molar refractivity (Wildman–Crippen MR) is 112 cm³/mol. The Hall–Kier alpha value is -2.32. The third-order valence-corrected chi connectivity index (χ3v) is 5.04. The molecule has 3 N–H and O–H groups in total. The van der Waals surface area contributed by atoms with Gasteiger partial charge in [-0.2, -0.15) is 0 Å². The van der Waals surface area contributed by atoms with Crippen molar-refractivity contribution in [3.05, 3.63) is 0 Å². The Balaban J connectivity index is 2.81. The number of nitrogens with one attached hydrogen (secondary N) is 3. The lowest BCUT2D eigenvalue weighted by Gasteiger charge is -2.31. The summed E-state index contributed by atoms with van der Waals surface area (Å²) in [7, 11) is 1.25. The van der Waals surface area contributed by atoms with Gasteiger partial charge in [0.15, 0.2) is 0 Å². The maximum absolute atomic E-state index is 13.0. The second-order valence-electron chi connectivity index (χ2n) is 8.74. The summed E-state index contributed by atoms with van der Waals surface area (Å²) >= 11 is 0. The Morgan fingerprint density at radius 1 is 0.967 bits per heavy atom. The molecule has 1 fully saturated rings. The summed E-state index contributed by atoms with van der Waals surface area (Å²) in [6, 6.07) is -2.46. The maximum Gasteiger partial charge on any atom is 0.408 e. The Labute approximate surface area is 179 Å². The zero-order valence-corrected chi connectivity index (χ0v) is 19.0. The normalized spacial score (nSPS) is 17.8. The molecule has 0 saturated heterocycles. The van der Waals surface area contributed by atoms with Crippen LogP contribution < -0.4 is 16.0 Å². The van der Waals surface area contributed by atoms with Gasteiger partial charge >= 0.3 is 12.1 Å². The standard InChI is InChI=1S/C21H37N3O6/c1-7-15(19(27)29-6)23-17(25)13(2)22-18(26)16(14-11-9-8-10-12-14)24-20(28)30-21(3,4)5/h13-16H,7-12H2,1-6H3,(H,22,26)(H,23,25)(H,24,28). The lowest BCUT2D eigenvalue weighted by atomic mass is 9.83. The molecule has 9 heteroatoms. The van der Waals surface area contributed by atoms with Crippen LogP contribution in [0.2, 0.25) is 0 Å². The van der Waals surface area contributed by atoms with E-state index >= 15 is 0 Å². The van der Waals surface area contributed by atoms with Crippen LogP contribution in [0.1, 0.15) is 73.1 Å². The number of carbonyl (C=O) groups excluding carboxylic acids is 4. The smallest absolute Gasteiger partial charge is 0.408 e. The molecule has 0 aromatic carbocycles. The molecular weight excluding hydrogens is 390 g/mol. The summed E-state index contributed by atoms with van der Waals surface area (Å²) in [5.41, 5.74) is -0.687. The van der Waals surface area contributed by atoms with Crippen molar-refractivity contribution >= 4 is 23.9 Å². The fourth-order valence-corrected chi connectivity index (χ4v) is 3.43. The average molecular weight is 428 g/mol. The van der Waals surface area contributed by atoms with Gasteiger partial charge in [-0.15, -0.1) is 0 Å². The zero-order chi connectivity index (χ0) is 22.9. The summed E-state index contributed by atoms with van der Waals surface area (Å²) in [6.07, 6.45) is 4.40. The van der Waals surface area contributed by atoms with Gasteiger partial charge in [0, 0.05) is 0 Å². The number of esters is 1. The first-order valence-electron chi connectivity index (χ1n) is 10.7. The summed E-state index contributed by atoms with van der Waals surface area (Å²) in [5.74, 6) is -1.52. The fourth-order valence-electron chi connectivity index (χ4n) is 3.43. The van der Waals surface area contributed by atoms with Gasteiger partial charge in [0.25, 0.3) is 0 Å². The van der Waals surface area contributed by atoms with Gasteiger partial charge < -0.3 is 25.4 Å². The van der Waals surface area contributed by atoms with Crippen molar-refractivity contribution in [2.24, 2.45) is 5.92 Å². The molecule has 30 heavy (non-hydrogen) atoms. The molecule has 172 valence electrons. The van der Waals surface area contributed by atoms with E-state index in [1.165, 1.54) is 14.0 Å². The number of rotatable bonds is 8. The van der Waals surface area contributed by atoms with Gasteiger partial charge in [0.2, 0.25) is 11.8 Å². The van der Waals surface area contributed by atoms with Crippen molar-refractivity contribution in [2.45, 2.75) is 96.9 Å². The Kier molecular flexibility index (Phi) is 10.1. The van der Waals surface area contributed by atoms with E-state index in [2.05, 4.69) is 20.7 Å². The molecular formula is C21H37N3O6. The number of hydrogen-bond acceptors (Lipinski definition) is 6. The van der Waals surface area contributed by atoms with Crippen LogP contribution in [0, 0.1) is 5.92 Å². The van der Waals surface area contributed by atoms with Crippen LogP contribution in [0.4, 0.5) is 4.79 Å². The first kappa shape index (κ1) is 25.7. The van der Waals surface area contributed by atoms with Crippen molar-refractivity contribution in [1.82, 2.24) is 16.0 Å². The quantitative estimate of drug-likeness (QED) is 0.510. The minimum absolute atomic E-state index is 0.0278. The van der Waals surface area contributed by atoms with Crippen LogP contribution in [0.3, 0.4) is 0 Å². The molecule has 0 bridgehead atoms. The van der Waals surface area contributed by atoms with E-state index in [1.54, 1.807) is 27.7 Å². The lowest BCUT2D eigenvalue weighted by Crippen LogP contribution is -2.57. The topological polar surface area (TPSA) is 123 Å². The molecule has 9 nitrogen and oxygen atoms in total. The van der Waals surface area contributed by atoms with Crippen LogP contribution in [0.5, 0.6) is 0 Å². The predicted octanol–water partition coefficient (Wildman–Crippen LogP) is 2.03. The van der Waals surface area contributed by atoms with Crippen molar-refractivity contribution < 1.29 is 28.7 Å². The molecule has 0 spiro atoms. The highest BCUT2D eigenvalue weighted by Gasteiger charge is 2.34. The van der Waals surface area contributed by atoms with Crippen molar-refractivity contribution in [1.29, 1.82) is 0 Å². The van der Waals surface area contributed by atoms with E-state index in [-0.39, 0.29) is 5.92 Å². The van der Waals surface area contributed by atoms with E-state index < -0.39 is 47.6 Å². The summed E-state index contributed by atoms with van der Waals surface area (Å²) in [5, 5.41) is 7.92. The minimum Gasteiger partial charge on any atom is -0.467 e. The second kappa shape index (κ2) is 11.8. The Bertz CT molecular complexity index is 610. The van der Waals surface area contributed by atoms with Crippen LogP contribution in [-0.2, 0) is 23.9 Å². The van der Waals surface area contributed by atoms with Crippen molar-refractivity contribution in [2.75, 3.05) is 7.11 Å². The molecule has 0 aliphatic heterocycles. The van der Waals surface area contributed by atoms with E-state index in [4.69, 9.17) is 4.74 Å². The van der Waals surface area contributed by atoms with Crippen LogP contribution in [0.15, 0.2) is 0 Å². The highest BCUT2D eigenvalue weighted by molar-refractivity contribution is 5.92. The number of methoxy groups -OCH3 is 1. The van der Waals surface area contributed by atoms with E-state index in [1.807, 2.05) is 0 Å². The van der Waals surface area contributed by atoms with Gasteiger partial charge in [-0.3, -0.25) is 9.59 Å². The molecule has 1 aliphatic carbocycles. The monoisotopic (exact) mass is 427 g/mol. The van der Waals surface area contributed by atoms with Crippen LogP contribution in [0.25, 0.3) is 0 Å². The molecule has 3 atom stereocenters. The molecule has 0 heterocycles. The van der Waals surface area contributed by atoms with Gasteiger partial charge in [0.05, 0.1) is 7.11 Å². The van der Waals surface area contributed by atoms with E-state index in [9.17, 15) is 19.2 Å². The highest BCUT2D eigenvalue weighted by atomic mass is 16.6. The molecule has 1 saturated carbocycles. The minimum atomic E-state index is -0.886. The Morgan fingerprint density at radius 3 is 2.07 bits per heavy atom. The summed E-state index contributed by atoms with van der Waals surface area (Å²) in [4.78, 5) is 49.4. The fraction of sp³-hybridized carbons (Fsp3) is 0.810. The first-order valence-corrected chi connectivity index (χ1v) is 10.7. The van der Waals surface area contributed by atoms with Gasteiger partial charge in [-0.25, -0.2) is 9.59 Å². The number of hydrogen-bond donors (Lipinski definition) is 3. The third-order valence-electron chi connectivity index (χ3n) is 5.04. The molecule has 1 aliphatic rings. The zero-order valence-electron chi connectivity index (χ0n) is 19.0. The largest absolute Gasteiger partial charge is 0.467 e. The number of ether oxygens (including phenoxy) is 2. The Morgan fingerprint density at radius 2 is 1.57 bits per heavy atom. The van der Waals surface area contributed by atoms with Crippen molar-refractivity contribution in [3.63, 3.8) is 0 Å². The van der Waals surface area contributed by atoms with E-state index in [0.717, 1.165) is 32.1 Å². The summed E-state index contributed by atoms with van der Waals surface area (Å²) in [6.45, 7) is 8.53. The lowest BCUT2D eigenvalue weighted by molar-refractivity contribution is -0.145. The number of amides is 3. The number of alkyl carbamates (subject to hydrolysis) is 1. The number of carbonyl (C=O) groups is 4. The molecule has 1 rings (SSSR count). The third kappa shape index (κ3) is 8.59.